The number of unbranched alkanes of at least 4 members (excludes halogenated alkanes) is 2. The number of anilines is 1. The van der Waals surface area contributed by atoms with Gasteiger partial charge in [-0.05, 0) is 57.7 Å². The van der Waals surface area contributed by atoms with E-state index in [4.69, 9.17) is 14.2 Å². The maximum atomic E-state index is 12.4. The van der Waals surface area contributed by atoms with E-state index in [-0.39, 0.29) is 69.3 Å². The van der Waals surface area contributed by atoms with Crippen molar-refractivity contribution in [2.45, 2.75) is 83.7 Å². The molecule has 2 heterocycles. The van der Waals surface area contributed by atoms with Crippen LogP contribution in [0.25, 0.3) is 0 Å². The molecular formula is C37H53N3O6PY+. The first-order valence-electron chi connectivity index (χ1n) is 16.9. The molecule has 48 heavy (non-hydrogen) atoms. The number of likely N-dealkylation sites (N-methyl/N-ethyl adjacent to an activating group) is 1. The molecule has 9 nitrogen and oxygen atoms in total. The first-order chi connectivity index (χ1) is 22.6. The van der Waals surface area contributed by atoms with Crippen LogP contribution in [0.5, 0.6) is 0 Å². The number of carbonyl (C=O) groups excluding carboxylic acids is 1. The Morgan fingerprint density at radius 2 is 1.73 bits per heavy atom. The van der Waals surface area contributed by atoms with Gasteiger partial charge >= 0.3 is 8.25 Å². The number of benzene rings is 2. The molecule has 0 aromatic heterocycles. The van der Waals surface area contributed by atoms with Crippen LogP contribution in [0.15, 0.2) is 72.5 Å². The van der Waals surface area contributed by atoms with Gasteiger partial charge in [0.15, 0.2) is 5.71 Å². The molecule has 3 N–H and O–H groups in total. The van der Waals surface area contributed by atoms with Crippen LogP contribution >= 0.6 is 8.25 Å². The minimum Gasteiger partial charge on any atom is -0.394 e. The van der Waals surface area contributed by atoms with E-state index in [2.05, 4.69) is 116 Å². The topological polar surface area (TPSA) is 111 Å². The van der Waals surface area contributed by atoms with Gasteiger partial charge in [-0.2, -0.15) is 4.58 Å². The number of hydrogen-bond donors (Lipinski definition) is 3. The molecule has 1 radical (unpaired) electrons. The number of carbonyl (C=O) groups is 1. The quantitative estimate of drug-likeness (QED) is 0.0950. The first kappa shape index (κ1) is 40.5. The zero-order valence-corrected chi connectivity index (χ0v) is 33.0. The third kappa shape index (κ3) is 9.63. The van der Waals surface area contributed by atoms with Crippen LogP contribution in [0.3, 0.4) is 0 Å². The van der Waals surface area contributed by atoms with Gasteiger partial charge in [0.05, 0.1) is 31.3 Å². The van der Waals surface area contributed by atoms with E-state index in [9.17, 15) is 14.5 Å². The summed E-state index contributed by atoms with van der Waals surface area (Å²) in [5, 5.41) is 21.1. The van der Waals surface area contributed by atoms with Crippen molar-refractivity contribution in [3.05, 3.63) is 83.6 Å². The number of nitrogens with zero attached hydrogens (tertiary/aromatic N) is 2. The Labute approximate surface area is 312 Å². The van der Waals surface area contributed by atoms with Crippen LogP contribution < -0.4 is 10.2 Å². The number of hydrogen-bond acceptors (Lipinski definition) is 7. The minimum absolute atomic E-state index is 0. The van der Waals surface area contributed by atoms with Gasteiger partial charge in [0.1, 0.15) is 6.54 Å². The van der Waals surface area contributed by atoms with Crippen LogP contribution in [0.2, 0.25) is 0 Å². The number of para-hydroxylation sites is 2. The summed E-state index contributed by atoms with van der Waals surface area (Å²) in [6.07, 6.45) is 9.46. The molecule has 2 aliphatic rings. The van der Waals surface area contributed by atoms with Gasteiger partial charge in [-0.15, -0.1) is 0 Å². The molecule has 1 amide bonds. The SMILES string of the molecule is CCN1C(=CC=CC2=[N+](CCCCCC(=O)NCCC(CO)O[PH](=O)OCCO)c3ccccc3C2(C)C)C(C)(C)c2ccccc21.[Y]. The van der Waals surface area contributed by atoms with E-state index in [0.29, 0.717) is 19.4 Å². The summed E-state index contributed by atoms with van der Waals surface area (Å²) in [4.78, 5) is 14.9. The van der Waals surface area contributed by atoms with E-state index in [1.165, 1.54) is 33.9 Å². The number of rotatable bonds is 18. The summed E-state index contributed by atoms with van der Waals surface area (Å²) < 4.78 is 24.1. The fraction of sp³-hybridized carbons (Fsp3) is 0.514. The molecule has 259 valence electrons. The maximum Gasteiger partial charge on any atom is 0.319 e. The van der Waals surface area contributed by atoms with Gasteiger partial charge in [0.25, 0.3) is 0 Å². The Bertz CT molecular complexity index is 1510. The molecule has 2 aromatic rings. The molecule has 4 rings (SSSR count). The third-order valence-corrected chi connectivity index (χ3v) is 10.2. The first-order valence-corrected chi connectivity index (χ1v) is 18.1. The second-order valence-corrected chi connectivity index (χ2v) is 14.2. The average molecular weight is 756 g/mol. The number of allylic oxidation sites excluding steroid dienone is 4. The Kier molecular flexibility index (Phi) is 15.9. The summed E-state index contributed by atoms with van der Waals surface area (Å²) >= 11 is 0. The van der Waals surface area contributed by atoms with E-state index < -0.39 is 14.4 Å². The molecule has 0 saturated carbocycles. The summed E-state index contributed by atoms with van der Waals surface area (Å²) in [7, 11) is -2.79. The molecule has 0 spiro atoms. The van der Waals surface area contributed by atoms with Crippen LogP contribution in [0, 0.1) is 0 Å². The Hall–Kier alpha value is -1.97. The van der Waals surface area contributed by atoms with Crippen molar-refractivity contribution in [2.24, 2.45) is 0 Å². The van der Waals surface area contributed by atoms with Gasteiger partial charge in [-0.3, -0.25) is 9.36 Å². The Morgan fingerprint density at radius 1 is 1.02 bits per heavy atom. The smallest absolute Gasteiger partial charge is 0.319 e. The molecule has 0 saturated heterocycles. The predicted molar refractivity (Wildman–Crippen MR) is 189 cm³/mol. The van der Waals surface area contributed by atoms with Crippen LogP contribution in [-0.2, 0) is 61.9 Å². The molecule has 2 unspecified atom stereocenters. The van der Waals surface area contributed by atoms with E-state index in [1.807, 2.05) is 0 Å². The number of aliphatic hydroxyl groups excluding tert-OH is 2. The molecule has 0 bridgehead atoms. The standard InChI is InChI=1S/C37H52N3O6P.Y/c1-6-39-31-17-11-9-15-29(31)36(2,3)33(39)19-14-20-34-37(4,5)30-16-10-12-18-32(30)40(34)24-13-7-8-21-35(43)38-23-22-28(27-42)46-47(44)45-26-25-41;/h9-12,14-20,28,41-42,47H,6-8,13,21-27H2,1-5H3;/p+1. The van der Waals surface area contributed by atoms with Crippen molar-refractivity contribution in [1.82, 2.24) is 5.32 Å². The third-order valence-electron chi connectivity index (χ3n) is 9.27. The minimum atomic E-state index is -2.79. The zero-order chi connectivity index (χ0) is 34.0. The monoisotopic (exact) mass is 755 g/mol. The van der Waals surface area contributed by atoms with Gasteiger partial charge in [0.2, 0.25) is 11.6 Å². The largest absolute Gasteiger partial charge is 0.394 e. The summed E-state index contributed by atoms with van der Waals surface area (Å²) in [6.45, 7) is 12.8. The van der Waals surface area contributed by atoms with Gasteiger partial charge < -0.3 is 29.5 Å². The van der Waals surface area contributed by atoms with E-state index >= 15 is 0 Å². The second kappa shape index (κ2) is 18.9. The van der Waals surface area contributed by atoms with E-state index in [1.54, 1.807) is 0 Å². The van der Waals surface area contributed by atoms with Crippen molar-refractivity contribution in [3.63, 3.8) is 0 Å². The summed E-state index contributed by atoms with van der Waals surface area (Å²) in [5.41, 5.74) is 7.58. The Balaban J connectivity index is 0.00000625. The van der Waals surface area contributed by atoms with Gasteiger partial charge in [-0.1, -0.05) is 56.3 Å². The number of nitrogens with one attached hydrogen (secondary N) is 1. The molecule has 0 aliphatic carbocycles. The van der Waals surface area contributed by atoms with Crippen molar-refractivity contribution >= 4 is 31.2 Å². The number of fused-ring (bicyclic) bond motifs is 2. The van der Waals surface area contributed by atoms with Crippen LogP contribution in [-0.4, -0.2) is 72.0 Å². The molecule has 11 heteroatoms. The van der Waals surface area contributed by atoms with Crippen molar-refractivity contribution in [3.8, 4) is 0 Å². The summed E-state index contributed by atoms with van der Waals surface area (Å²) in [5.74, 6) is -0.0557. The fourth-order valence-electron chi connectivity index (χ4n) is 6.77. The molecule has 2 aliphatic heterocycles. The predicted octanol–water partition coefficient (Wildman–Crippen LogP) is 6.16. The fourth-order valence-corrected chi connectivity index (χ4v) is 7.56. The van der Waals surface area contributed by atoms with Crippen molar-refractivity contribution in [1.29, 1.82) is 0 Å². The number of aliphatic hydroxyl groups is 2. The molecule has 2 atom stereocenters. The number of amides is 1. The summed E-state index contributed by atoms with van der Waals surface area (Å²) in [6, 6.07) is 17.4. The van der Waals surface area contributed by atoms with E-state index in [0.717, 1.165) is 32.4 Å². The molecular weight excluding hydrogens is 702 g/mol. The van der Waals surface area contributed by atoms with Crippen molar-refractivity contribution in [2.75, 3.05) is 44.4 Å². The molecule has 2 aromatic carbocycles. The van der Waals surface area contributed by atoms with Crippen molar-refractivity contribution < 1.29 is 65.9 Å². The average Bonchev–Trinajstić information content (AvgIpc) is 3.41. The van der Waals surface area contributed by atoms with Crippen LogP contribution in [0.1, 0.15) is 77.8 Å². The second-order valence-electron chi connectivity index (χ2n) is 13.2. The maximum absolute atomic E-state index is 12.4. The van der Waals surface area contributed by atoms with Gasteiger partial charge in [0, 0.05) is 93.1 Å². The van der Waals surface area contributed by atoms with Gasteiger partial charge in [-0.25, -0.2) is 0 Å². The Morgan fingerprint density at radius 3 is 2.44 bits per heavy atom. The zero-order valence-electron chi connectivity index (χ0n) is 29.2. The molecule has 0 fully saturated rings. The normalized spacial score (nSPS) is 18.1. The van der Waals surface area contributed by atoms with Crippen LogP contribution in [0.4, 0.5) is 11.4 Å².